The smallest absolute Gasteiger partial charge is 0.227 e. The predicted molar refractivity (Wildman–Crippen MR) is 71.8 cm³/mol. The first-order valence-corrected chi connectivity index (χ1v) is 6.53. The van der Waals surface area contributed by atoms with Gasteiger partial charge in [-0.2, -0.15) is 4.98 Å². The van der Waals surface area contributed by atoms with Gasteiger partial charge in [0.2, 0.25) is 5.95 Å². The van der Waals surface area contributed by atoms with Crippen LogP contribution in [0.3, 0.4) is 0 Å². The van der Waals surface area contributed by atoms with Crippen LogP contribution in [0.5, 0.6) is 0 Å². The van der Waals surface area contributed by atoms with Crippen LogP contribution in [0.2, 0.25) is 0 Å². The van der Waals surface area contributed by atoms with E-state index in [0.29, 0.717) is 0 Å². The van der Waals surface area contributed by atoms with Crippen molar-refractivity contribution in [1.29, 1.82) is 0 Å². The third-order valence-electron chi connectivity index (χ3n) is 3.17. The summed E-state index contributed by atoms with van der Waals surface area (Å²) in [5.41, 5.74) is 2.59. The van der Waals surface area contributed by atoms with Gasteiger partial charge in [0.05, 0.1) is 5.69 Å². The lowest BCUT2D eigenvalue weighted by Crippen LogP contribution is -2.17. The molecule has 0 unspecified atom stereocenters. The average molecular weight is 234 g/mol. The molecule has 0 atom stereocenters. The first kappa shape index (κ1) is 12.1. The molecule has 1 aliphatic rings. The Kier molecular flexibility index (Phi) is 3.82. The van der Waals surface area contributed by atoms with Gasteiger partial charge in [0, 0.05) is 26.2 Å². The number of aromatic nitrogens is 2. The van der Waals surface area contributed by atoms with Gasteiger partial charge in [-0.15, -0.1) is 0 Å². The summed E-state index contributed by atoms with van der Waals surface area (Å²) in [5, 5.41) is 3.38. The van der Waals surface area contributed by atoms with E-state index in [1.807, 2.05) is 19.0 Å². The normalized spacial score (nSPS) is 15.0. The van der Waals surface area contributed by atoms with Crippen LogP contribution in [-0.4, -0.2) is 30.6 Å². The second-order valence-corrected chi connectivity index (χ2v) is 4.78. The SMILES string of the molecule is CCNc1nc(N(C)C)nc2c1CCCCC2. The second-order valence-electron chi connectivity index (χ2n) is 4.78. The fourth-order valence-electron chi connectivity index (χ4n) is 2.27. The van der Waals surface area contributed by atoms with E-state index in [1.54, 1.807) is 0 Å². The zero-order chi connectivity index (χ0) is 12.3. The summed E-state index contributed by atoms with van der Waals surface area (Å²) in [6.07, 6.45) is 6.03. The molecule has 0 saturated heterocycles. The molecule has 0 aromatic carbocycles. The highest BCUT2D eigenvalue weighted by Crippen LogP contribution is 2.26. The largest absolute Gasteiger partial charge is 0.370 e. The molecular formula is C13H22N4. The van der Waals surface area contributed by atoms with Crippen molar-refractivity contribution in [3.8, 4) is 0 Å². The molecule has 94 valence electrons. The quantitative estimate of drug-likeness (QED) is 0.814. The molecule has 0 spiro atoms. The molecule has 1 N–H and O–H groups in total. The van der Waals surface area contributed by atoms with Crippen LogP contribution in [0.15, 0.2) is 0 Å². The minimum atomic E-state index is 0.821. The van der Waals surface area contributed by atoms with Crippen LogP contribution < -0.4 is 10.2 Å². The summed E-state index contributed by atoms with van der Waals surface area (Å²) in [6.45, 7) is 3.02. The van der Waals surface area contributed by atoms with Gasteiger partial charge in [0.25, 0.3) is 0 Å². The lowest BCUT2D eigenvalue weighted by Gasteiger charge is -2.17. The van der Waals surface area contributed by atoms with Gasteiger partial charge in [0.1, 0.15) is 5.82 Å². The molecule has 17 heavy (non-hydrogen) atoms. The van der Waals surface area contributed by atoms with Crippen molar-refractivity contribution >= 4 is 11.8 Å². The van der Waals surface area contributed by atoms with Crippen molar-refractivity contribution in [2.45, 2.75) is 39.0 Å². The zero-order valence-corrected chi connectivity index (χ0v) is 11.1. The summed E-state index contributed by atoms with van der Waals surface area (Å²) in [4.78, 5) is 11.3. The number of anilines is 2. The Morgan fingerprint density at radius 1 is 1.12 bits per heavy atom. The van der Waals surface area contributed by atoms with Gasteiger partial charge in [-0.3, -0.25) is 0 Å². The maximum Gasteiger partial charge on any atom is 0.227 e. The molecule has 0 bridgehead atoms. The Hall–Kier alpha value is -1.32. The summed E-state index contributed by atoms with van der Waals surface area (Å²) in [6, 6.07) is 0. The Morgan fingerprint density at radius 2 is 1.88 bits per heavy atom. The molecular weight excluding hydrogens is 212 g/mol. The fraction of sp³-hybridized carbons (Fsp3) is 0.692. The fourth-order valence-corrected chi connectivity index (χ4v) is 2.27. The Labute approximate surface area is 103 Å². The number of aryl methyl sites for hydroxylation is 1. The standard InChI is InChI=1S/C13H22N4/c1-4-14-12-10-8-6-5-7-9-11(10)15-13(16-12)17(2)3/h4-9H2,1-3H3,(H,14,15,16). The van der Waals surface area contributed by atoms with Crippen molar-refractivity contribution in [2.75, 3.05) is 30.9 Å². The predicted octanol–water partition coefficient (Wildman–Crippen LogP) is 2.24. The summed E-state index contributed by atoms with van der Waals surface area (Å²) in [7, 11) is 3.99. The highest BCUT2D eigenvalue weighted by molar-refractivity contribution is 5.51. The van der Waals surface area contributed by atoms with Crippen LogP contribution in [0.1, 0.15) is 37.4 Å². The highest BCUT2D eigenvalue weighted by atomic mass is 15.2. The van der Waals surface area contributed by atoms with Crippen LogP contribution in [0, 0.1) is 0 Å². The Morgan fingerprint density at radius 3 is 2.59 bits per heavy atom. The van der Waals surface area contributed by atoms with Gasteiger partial charge in [-0.25, -0.2) is 4.98 Å². The lowest BCUT2D eigenvalue weighted by molar-refractivity contribution is 0.708. The van der Waals surface area contributed by atoms with E-state index in [-0.39, 0.29) is 0 Å². The first-order chi connectivity index (χ1) is 8.22. The van der Waals surface area contributed by atoms with Gasteiger partial charge in [-0.1, -0.05) is 6.42 Å². The van der Waals surface area contributed by atoms with Crippen molar-refractivity contribution in [3.05, 3.63) is 11.3 Å². The van der Waals surface area contributed by atoms with Gasteiger partial charge < -0.3 is 10.2 Å². The van der Waals surface area contributed by atoms with Crippen molar-refractivity contribution in [2.24, 2.45) is 0 Å². The highest BCUT2D eigenvalue weighted by Gasteiger charge is 2.16. The van der Waals surface area contributed by atoms with Crippen molar-refractivity contribution in [1.82, 2.24) is 9.97 Å². The van der Waals surface area contributed by atoms with Crippen LogP contribution in [0.4, 0.5) is 11.8 Å². The van der Waals surface area contributed by atoms with Crippen molar-refractivity contribution in [3.63, 3.8) is 0 Å². The minimum absolute atomic E-state index is 0.821. The van der Waals surface area contributed by atoms with Gasteiger partial charge >= 0.3 is 0 Å². The Bertz CT molecular complexity index is 387. The first-order valence-electron chi connectivity index (χ1n) is 6.53. The van der Waals surface area contributed by atoms with E-state index in [2.05, 4.69) is 17.2 Å². The number of nitrogens with one attached hydrogen (secondary N) is 1. The molecule has 1 heterocycles. The maximum absolute atomic E-state index is 4.69. The van der Waals surface area contributed by atoms with Crippen LogP contribution in [-0.2, 0) is 12.8 Å². The van der Waals surface area contributed by atoms with E-state index in [4.69, 9.17) is 4.98 Å². The molecule has 4 nitrogen and oxygen atoms in total. The van der Waals surface area contributed by atoms with Crippen LogP contribution in [0.25, 0.3) is 0 Å². The third-order valence-corrected chi connectivity index (χ3v) is 3.17. The van der Waals surface area contributed by atoms with E-state index in [9.17, 15) is 0 Å². The third kappa shape index (κ3) is 2.68. The van der Waals surface area contributed by atoms with Gasteiger partial charge in [-0.05, 0) is 32.6 Å². The summed E-state index contributed by atoms with van der Waals surface area (Å²) < 4.78 is 0. The number of fused-ring (bicyclic) bond motifs is 1. The lowest BCUT2D eigenvalue weighted by atomic mass is 10.1. The number of nitrogens with zero attached hydrogens (tertiary/aromatic N) is 3. The number of hydrogen-bond acceptors (Lipinski definition) is 4. The minimum Gasteiger partial charge on any atom is -0.370 e. The topological polar surface area (TPSA) is 41.1 Å². The maximum atomic E-state index is 4.69. The monoisotopic (exact) mass is 234 g/mol. The molecule has 0 aliphatic heterocycles. The summed E-state index contributed by atoms with van der Waals surface area (Å²) in [5.74, 6) is 1.87. The zero-order valence-electron chi connectivity index (χ0n) is 11.1. The number of hydrogen-bond donors (Lipinski definition) is 1. The number of rotatable bonds is 3. The Balaban J connectivity index is 2.43. The molecule has 0 fully saturated rings. The molecule has 1 aromatic rings. The van der Waals surface area contributed by atoms with Crippen LogP contribution >= 0.6 is 0 Å². The molecule has 4 heteroatoms. The van der Waals surface area contributed by atoms with Crippen molar-refractivity contribution < 1.29 is 0 Å². The average Bonchev–Trinajstić information content (AvgIpc) is 2.54. The van der Waals surface area contributed by atoms with E-state index < -0.39 is 0 Å². The van der Waals surface area contributed by atoms with E-state index in [0.717, 1.165) is 31.2 Å². The molecule has 0 amide bonds. The van der Waals surface area contributed by atoms with E-state index in [1.165, 1.54) is 30.5 Å². The second kappa shape index (κ2) is 5.34. The molecule has 2 rings (SSSR count). The van der Waals surface area contributed by atoms with Gasteiger partial charge in [0.15, 0.2) is 0 Å². The molecule has 0 radical (unpaired) electrons. The molecule has 1 aromatic heterocycles. The van der Waals surface area contributed by atoms with E-state index >= 15 is 0 Å². The summed E-state index contributed by atoms with van der Waals surface area (Å²) >= 11 is 0. The molecule has 0 saturated carbocycles. The molecule has 1 aliphatic carbocycles.